The fourth-order valence-corrected chi connectivity index (χ4v) is 1.51. The molecule has 1 aromatic carbocycles. The van der Waals surface area contributed by atoms with Gasteiger partial charge in [0, 0.05) is 5.69 Å². The SMILES string of the molecule is Nc1nc2c(Br)c(N)ccc2[nH]1. The average molecular weight is 227 g/mol. The summed E-state index contributed by atoms with van der Waals surface area (Å²) in [5, 5.41) is 0. The van der Waals surface area contributed by atoms with Crippen molar-refractivity contribution < 1.29 is 0 Å². The number of nitrogens with two attached hydrogens (primary N) is 2. The first kappa shape index (κ1) is 7.42. The van der Waals surface area contributed by atoms with E-state index in [2.05, 4.69) is 25.9 Å². The molecule has 0 atom stereocenters. The van der Waals surface area contributed by atoms with Crippen molar-refractivity contribution in [3.05, 3.63) is 16.6 Å². The Labute approximate surface area is 77.1 Å². The lowest BCUT2D eigenvalue weighted by molar-refractivity contribution is 1.35. The maximum atomic E-state index is 5.65. The smallest absolute Gasteiger partial charge is 0.198 e. The van der Waals surface area contributed by atoms with Crippen molar-refractivity contribution in [1.29, 1.82) is 0 Å². The molecule has 0 saturated carbocycles. The number of rotatable bonds is 0. The number of nitrogens with one attached hydrogen (secondary N) is 1. The molecule has 2 rings (SSSR count). The number of imidazole rings is 1. The second kappa shape index (κ2) is 2.38. The van der Waals surface area contributed by atoms with Gasteiger partial charge in [-0.25, -0.2) is 4.98 Å². The highest BCUT2D eigenvalue weighted by Crippen LogP contribution is 2.27. The lowest BCUT2D eigenvalue weighted by Gasteiger charge is -1.96. The molecule has 0 spiro atoms. The molecule has 1 aromatic heterocycles. The minimum atomic E-state index is 0.399. The lowest BCUT2D eigenvalue weighted by Crippen LogP contribution is -1.86. The molecule has 1 heterocycles. The van der Waals surface area contributed by atoms with Crippen LogP contribution in [0.5, 0.6) is 0 Å². The van der Waals surface area contributed by atoms with Crippen molar-refractivity contribution in [2.75, 3.05) is 11.5 Å². The van der Waals surface area contributed by atoms with Crippen LogP contribution in [-0.2, 0) is 0 Å². The van der Waals surface area contributed by atoms with Crippen LogP contribution in [0.15, 0.2) is 16.6 Å². The molecule has 4 nitrogen and oxygen atoms in total. The summed E-state index contributed by atoms with van der Waals surface area (Å²) < 4.78 is 0.785. The van der Waals surface area contributed by atoms with Crippen molar-refractivity contribution >= 4 is 38.6 Å². The first-order chi connectivity index (χ1) is 5.68. The molecule has 2 aromatic rings. The molecule has 12 heavy (non-hydrogen) atoms. The van der Waals surface area contributed by atoms with Gasteiger partial charge in [-0.2, -0.15) is 0 Å². The van der Waals surface area contributed by atoms with Crippen LogP contribution in [-0.4, -0.2) is 9.97 Å². The molecule has 0 aliphatic rings. The number of H-pyrrole nitrogens is 1. The molecule has 0 saturated heterocycles. The summed E-state index contributed by atoms with van der Waals surface area (Å²) in [6.07, 6.45) is 0. The summed E-state index contributed by atoms with van der Waals surface area (Å²) in [4.78, 5) is 6.98. The number of hydrogen-bond acceptors (Lipinski definition) is 3. The number of halogens is 1. The van der Waals surface area contributed by atoms with Gasteiger partial charge in [0.1, 0.15) is 5.52 Å². The van der Waals surface area contributed by atoms with Gasteiger partial charge in [-0.3, -0.25) is 0 Å². The Morgan fingerprint density at radius 3 is 2.83 bits per heavy atom. The third-order valence-electron chi connectivity index (χ3n) is 1.64. The minimum Gasteiger partial charge on any atom is -0.398 e. The monoisotopic (exact) mass is 226 g/mol. The Bertz CT molecular complexity index is 434. The molecule has 0 aliphatic heterocycles. The summed E-state index contributed by atoms with van der Waals surface area (Å²) >= 11 is 3.33. The van der Waals surface area contributed by atoms with E-state index in [9.17, 15) is 0 Å². The zero-order valence-corrected chi connectivity index (χ0v) is 7.72. The average Bonchev–Trinajstić information content (AvgIpc) is 2.39. The second-order valence-corrected chi connectivity index (χ2v) is 3.28. The zero-order valence-electron chi connectivity index (χ0n) is 6.13. The molecule has 5 heteroatoms. The molecule has 62 valence electrons. The van der Waals surface area contributed by atoms with Crippen molar-refractivity contribution in [3.63, 3.8) is 0 Å². The van der Waals surface area contributed by atoms with E-state index in [4.69, 9.17) is 11.5 Å². The Balaban J connectivity index is 2.89. The van der Waals surface area contributed by atoms with E-state index in [1.807, 2.05) is 6.07 Å². The Morgan fingerprint density at radius 2 is 2.08 bits per heavy atom. The number of fused-ring (bicyclic) bond motifs is 1. The molecule has 0 fully saturated rings. The van der Waals surface area contributed by atoms with Crippen LogP contribution in [0.1, 0.15) is 0 Å². The van der Waals surface area contributed by atoms with Gasteiger partial charge in [0.2, 0.25) is 0 Å². The minimum absolute atomic E-state index is 0.399. The maximum Gasteiger partial charge on any atom is 0.198 e. The molecular formula is C7H7BrN4. The first-order valence-corrected chi connectivity index (χ1v) is 4.17. The fourth-order valence-electron chi connectivity index (χ4n) is 1.08. The van der Waals surface area contributed by atoms with E-state index in [1.165, 1.54) is 0 Å². The Hall–Kier alpha value is -1.23. The lowest BCUT2D eigenvalue weighted by atomic mass is 10.3. The van der Waals surface area contributed by atoms with Crippen LogP contribution in [0.25, 0.3) is 11.0 Å². The van der Waals surface area contributed by atoms with Gasteiger partial charge in [-0.1, -0.05) is 0 Å². The first-order valence-electron chi connectivity index (χ1n) is 3.37. The maximum absolute atomic E-state index is 5.65. The molecule has 0 amide bonds. The fraction of sp³-hybridized carbons (Fsp3) is 0. The van der Waals surface area contributed by atoms with Crippen molar-refractivity contribution in [2.45, 2.75) is 0 Å². The number of nitrogen functional groups attached to an aromatic ring is 2. The van der Waals surface area contributed by atoms with E-state index in [0.29, 0.717) is 11.6 Å². The highest BCUT2D eigenvalue weighted by Gasteiger charge is 2.05. The molecule has 0 unspecified atom stereocenters. The van der Waals surface area contributed by atoms with E-state index >= 15 is 0 Å². The number of nitrogens with zero attached hydrogens (tertiary/aromatic N) is 1. The van der Waals surface area contributed by atoms with Gasteiger partial charge in [0.25, 0.3) is 0 Å². The van der Waals surface area contributed by atoms with Crippen molar-refractivity contribution in [1.82, 2.24) is 9.97 Å². The van der Waals surface area contributed by atoms with E-state index < -0.39 is 0 Å². The second-order valence-electron chi connectivity index (χ2n) is 2.49. The van der Waals surface area contributed by atoms with Gasteiger partial charge in [0.05, 0.1) is 9.99 Å². The normalized spacial score (nSPS) is 10.8. The van der Waals surface area contributed by atoms with Crippen LogP contribution >= 0.6 is 15.9 Å². The van der Waals surface area contributed by atoms with Crippen molar-refractivity contribution in [3.8, 4) is 0 Å². The van der Waals surface area contributed by atoms with Gasteiger partial charge in [-0.05, 0) is 28.1 Å². The number of aromatic amines is 1. The number of benzene rings is 1. The predicted molar refractivity (Wildman–Crippen MR) is 52.6 cm³/mol. The summed E-state index contributed by atoms with van der Waals surface area (Å²) in [5.41, 5.74) is 13.4. The Morgan fingerprint density at radius 1 is 1.33 bits per heavy atom. The van der Waals surface area contributed by atoms with Crippen molar-refractivity contribution in [2.24, 2.45) is 0 Å². The summed E-state index contributed by atoms with van der Waals surface area (Å²) in [5.74, 6) is 0.399. The zero-order chi connectivity index (χ0) is 8.72. The molecule has 0 aliphatic carbocycles. The van der Waals surface area contributed by atoms with Crippen LogP contribution in [0, 0.1) is 0 Å². The van der Waals surface area contributed by atoms with Crippen LogP contribution < -0.4 is 11.5 Å². The van der Waals surface area contributed by atoms with Crippen LogP contribution in [0.4, 0.5) is 11.6 Å². The molecular weight excluding hydrogens is 220 g/mol. The topological polar surface area (TPSA) is 80.7 Å². The van der Waals surface area contributed by atoms with E-state index in [1.54, 1.807) is 6.07 Å². The summed E-state index contributed by atoms with van der Waals surface area (Å²) in [6, 6.07) is 3.64. The van der Waals surface area contributed by atoms with E-state index in [-0.39, 0.29) is 0 Å². The predicted octanol–water partition coefficient (Wildman–Crippen LogP) is 1.49. The third kappa shape index (κ3) is 0.937. The van der Waals surface area contributed by atoms with Gasteiger partial charge < -0.3 is 16.5 Å². The number of hydrogen-bond donors (Lipinski definition) is 3. The van der Waals surface area contributed by atoms with Crippen LogP contribution in [0.2, 0.25) is 0 Å². The van der Waals surface area contributed by atoms with E-state index in [0.717, 1.165) is 15.5 Å². The number of anilines is 2. The third-order valence-corrected chi connectivity index (χ3v) is 2.47. The standard InChI is InChI=1S/C7H7BrN4/c8-5-3(9)1-2-4-6(5)12-7(10)11-4/h1-2H,9H2,(H3,10,11,12). The quantitative estimate of drug-likeness (QED) is 0.596. The van der Waals surface area contributed by atoms with Crippen LogP contribution in [0.3, 0.4) is 0 Å². The van der Waals surface area contributed by atoms with Gasteiger partial charge >= 0.3 is 0 Å². The Kier molecular flexibility index (Phi) is 1.47. The molecule has 5 N–H and O–H groups in total. The highest BCUT2D eigenvalue weighted by molar-refractivity contribution is 9.10. The molecule has 0 radical (unpaired) electrons. The summed E-state index contributed by atoms with van der Waals surface area (Å²) in [6.45, 7) is 0. The largest absolute Gasteiger partial charge is 0.398 e. The molecule has 0 bridgehead atoms. The van der Waals surface area contributed by atoms with Gasteiger partial charge in [0.15, 0.2) is 5.95 Å². The van der Waals surface area contributed by atoms with Gasteiger partial charge in [-0.15, -0.1) is 0 Å². The highest BCUT2D eigenvalue weighted by atomic mass is 79.9. The number of aromatic nitrogens is 2. The summed E-state index contributed by atoms with van der Waals surface area (Å²) in [7, 11) is 0.